The molecule has 2 aromatic heterocycles. The zero-order valence-corrected chi connectivity index (χ0v) is 10.0. The number of thiophene rings is 1. The lowest BCUT2D eigenvalue weighted by molar-refractivity contribution is 0.0939. The molecule has 1 atom stereocenters. The minimum absolute atomic E-state index is 0.0587. The third-order valence-electron chi connectivity index (χ3n) is 2.28. The molecule has 2 rings (SSSR count). The lowest BCUT2D eigenvalue weighted by Gasteiger charge is -2.10. The Balaban J connectivity index is 2.03. The zero-order valence-electron chi connectivity index (χ0n) is 9.19. The van der Waals surface area contributed by atoms with E-state index in [-0.39, 0.29) is 11.9 Å². The SMILES string of the molecule is Cc1ccc([C@H](C)NC(=O)c2cccs2)o1. The third kappa shape index (κ3) is 2.33. The van der Waals surface area contributed by atoms with E-state index in [9.17, 15) is 4.79 Å². The molecule has 3 nitrogen and oxygen atoms in total. The average Bonchev–Trinajstić information content (AvgIpc) is 2.87. The molecule has 0 unspecified atom stereocenters. The van der Waals surface area contributed by atoms with Gasteiger partial charge in [-0.2, -0.15) is 0 Å². The van der Waals surface area contributed by atoms with Gasteiger partial charge in [0.15, 0.2) is 0 Å². The first kappa shape index (κ1) is 11.0. The summed E-state index contributed by atoms with van der Waals surface area (Å²) in [5.74, 6) is 1.58. The first-order valence-corrected chi connectivity index (χ1v) is 5.95. The lowest BCUT2D eigenvalue weighted by atomic mass is 10.2. The fourth-order valence-corrected chi connectivity index (χ4v) is 2.06. The van der Waals surface area contributed by atoms with Crippen LogP contribution in [0.1, 0.15) is 34.2 Å². The van der Waals surface area contributed by atoms with Crippen LogP contribution in [-0.4, -0.2) is 5.91 Å². The summed E-state index contributed by atoms with van der Waals surface area (Å²) in [7, 11) is 0. The van der Waals surface area contributed by atoms with Gasteiger partial charge in [0.25, 0.3) is 5.91 Å². The van der Waals surface area contributed by atoms with E-state index < -0.39 is 0 Å². The van der Waals surface area contributed by atoms with Crippen molar-refractivity contribution in [3.63, 3.8) is 0 Å². The van der Waals surface area contributed by atoms with Crippen molar-refractivity contribution in [2.45, 2.75) is 19.9 Å². The Bertz CT molecular complexity index is 473. The Hall–Kier alpha value is -1.55. The Kier molecular flexibility index (Phi) is 3.10. The Morgan fingerprint density at radius 1 is 1.44 bits per heavy atom. The number of carbonyl (C=O) groups is 1. The van der Waals surface area contributed by atoms with Gasteiger partial charge in [0.2, 0.25) is 0 Å². The van der Waals surface area contributed by atoms with Gasteiger partial charge < -0.3 is 9.73 Å². The van der Waals surface area contributed by atoms with Crippen LogP contribution in [0.2, 0.25) is 0 Å². The first-order valence-electron chi connectivity index (χ1n) is 5.07. The smallest absolute Gasteiger partial charge is 0.261 e. The topological polar surface area (TPSA) is 42.2 Å². The van der Waals surface area contributed by atoms with Crippen molar-refractivity contribution in [1.29, 1.82) is 0 Å². The number of nitrogens with one attached hydrogen (secondary N) is 1. The van der Waals surface area contributed by atoms with Crippen molar-refractivity contribution in [2.24, 2.45) is 0 Å². The van der Waals surface area contributed by atoms with Gasteiger partial charge in [-0.15, -0.1) is 11.3 Å². The quantitative estimate of drug-likeness (QED) is 0.888. The van der Waals surface area contributed by atoms with Crippen LogP contribution in [0, 0.1) is 6.92 Å². The summed E-state index contributed by atoms with van der Waals surface area (Å²) in [5.41, 5.74) is 0. The molecule has 0 aliphatic carbocycles. The molecule has 0 fully saturated rings. The summed E-state index contributed by atoms with van der Waals surface area (Å²) >= 11 is 1.43. The second-order valence-electron chi connectivity index (χ2n) is 3.62. The van der Waals surface area contributed by atoms with Gasteiger partial charge in [-0.25, -0.2) is 0 Å². The number of hydrogen-bond acceptors (Lipinski definition) is 3. The van der Waals surface area contributed by atoms with E-state index in [1.165, 1.54) is 11.3 Å². The molecule has 0 aromatic carbocycles. The first-order chi connectivity index (χ1) is 7.66. The van der Waals surface area contributed by atoms with E-state index >= 15 is 0 Å². The van der Waals surface area contributed by atoms with Gasteiger partial charge in [0.05, 0.1) is 10.9 Å². The monoisotopic (exact) mass is 235 g/mol. The summed E-state index contributed by atoms with van der Waals surface area (Å²) < 4.78 is 5.45. The second kappa shape index (κ2) is 4.53. The molecule has 0 spiro atoms. The van der Waals surface area contributed by atoms with E-state index in [0.29, 0.717) is 0 Å². The van der Waals surface area contributed by atoms with Gasteiger partial charge >= 0.3 is 0 Å². The van der Waals surface area contributed by atoms with Crippen LogP contribution in [0.15, 0.2) is 34.1 Å². The zero-order chi connectivity index (χ0) is 11.5. The molecule has 4 heteroatoms. The minimum atomic E-state index is -0.108. The molecule has 0 saturated carbocycles. The van der Waals surface area contributed by atoms with Crippen LogP contribution >= 0.6 is 11.3 Å². The van der Waals surface area contributed by atoms with Gasteiger partial charge in [0, 0.05) is 0 Å². The molecule has 0 saturated heterocycles. The molecular formula is C12H13NO2S. The number of furan rings is 1. The number of aryl methyl sites for hydroxylation is 1. The molecule has 0 aliphatic rings. The van der Waals surface area contributed by atoms with Crippen LogP contribution in [0.3, 0.4) is 0 Å². The van der Waals surface area contributed by atoms with E-state index in [1.807, 2.05) is 37.4 Å². The van der Waals surface area contributed by atoms with Crippen molar-refractivity contribution in [3.05, 3.63) is 46.0 Å². The van der Waals surface area contributed by atoms with Crippen LogP contribution < -0.4 is 5.32 Å². The largest absolute Gasteiger partial charge is 0.464 e. The molecular weight excluding hydrogens is 222 g/mol. The number of carbonyl (C=O) groups excluding carboxylic acids is 1. The molecule has 0 aliphatic heterocycles. The van der Waals surface area contributed by atoms with Crippen molar-refractivity contribution in [3.8, 4) is 0 Å². The molecule has 1 N–H and O–H groups in total. The molecule has 0 radical (unpaired) electrons. The maximum Gasteiger partial charge on any atom is 0.261 e. The Morgan fingerprint density at radius 2 is 2.25 bits per heavy atom. The normalized spacial score (nSPS) is 12.4. The fourth-order valence-electron chi connectivity index (χ4n) is 1.43. The summed E-state index contributed by atoms with van der Waals surface area (Å²) in [4.78, 5) is 12.5. The maximum absolute atomic E-state index is 11.8. The van der Waals surface area contributed by atoms with Crippen LogP contribution in [-0.2, 0) is 0 Å². The maximum atomic E-state index is 11.8. The molecule has 2 heterocycles. The Labute approximate surface area is 98.1 Å². The Morgan fingerprint density at radius 3 is 2.81 bits per heavy atom. The highest BCUT2D eigenvalue weighted by molar-refractivity contribution is 7.12. The van der Waals surface area contributed by atoms with Gasteiger partial charge in [-0.1, -0.05) is 6.07 Å². The van der Waals surface area contributed by atoms with Crippen LogP contribution in [0.25, 0.3) is 0 Å². The number of hydrogen-bond donors (Lipinski definition) is 1. The van der Waals surface area contributed by atoms with Gasteiger partial charge in [-0.05, 0) is 37.4 Å². The number of rotatable bonds is 3. The standard InChI is InChI=1S/C12H13NO2S/c1-8-5-6-10(15-8)9(2)13-12(14)11-4-3-7-16-11/h3-7,9H,1-2H3,(H,13,14)/t9-/m0/s1. The van der Waals surface area contributed by atoms with Crippen molar-refractivity contribution in [2.75, 3.05) is 0 Å². The summed E-state index contributed by atoms with van der Waals surface area (Å²) in [6.45, 7) is 3.79. The fraction of sp³-hybridized carbons (Fsp3) is 0.250. The predicted octanol–water partition coefficient (Wildman–Crippen LogP) is 3.14. The second-order valence-corrected chi connectivity index (χ2v) is 4.57. The van der Waals surface area contributed by atoms with E-state index in [0.717, 1.165) is 16.4 Å². The molecule has 0 bridgehead atoms. The minimum Gasteiger partial charge on any atom is -0.464 e. The lowest BCUT2D eigenvalue weighted by Crippen LogP contribution is -2.25. The van der Waals surface area contributed by atoms with Gasteiger partial charge in [0.1, 0.15) is 11.5 Å². The number of amides is 1. The van der Waals surface area contributed by atoms with Crippen LogP contribution in [0.4, 0.5) is 0 Å². The van der Waals surface area contributed by atoms with E-state index in [4.69, 9.17) is 4.42 Å². The van der Waals surface area contributed by atoms with Crippen molar-refractivity contribution in [1.82, 2.24) is 5.32 Å². The highest BCUT2D eigenvalue weighted by Gasteiger charge is 2.14. The molecule has 1 amide bonds. The van der Waals surface area contributed by atoms with Crippen molar-refractivity contribution >= 4 is 17.2 Å². The summed E-state index contributed by atoms with van der Waals surface area (Å²) in [6, 6.07) is 7.34. The van der Waals surface area contributed by atoms with E-state index in [1.54, 1.807) is 6.07 Å². The predicted molar refractivity (Wildman–Crippen MR) is 63.6 cm³/mol. The molecule has 84 valence electrons. The highest BCUT2D eigenvalue weighted by Crippen LogP contribution is 2.17. The summed E-state index contributed by atoms with van der Waals surface area (Å²) in [5, 5.41) is 4.78. The molecule has 2 aromatic rings. The third-order valence-corrected chi connectivity index (χ3v) is 3.15. The highest BCUT2D eigenvalue weighted by atomic mass is 32.1. The summed E-state index contributed by atoms with van der Waals surface area (Å²) in [6.07, 6.45) is 0. The van der Waals surface area contributed by atoms with E-state index in [2.05, 4.69) is 5.32 Å². The van der Waals surface area contributed by atoms with Gasteiger partial charge in [-0.3, -0.25) is 4.79 Å². The molecule has 16 heavy (non-hydrogen) atoms. The average molecular weight is 235 g/mol. The van der Waals surface area contributed by atoms with Crippen molar-refractivity contribution < 1.29 is 9.21 Å². The van der Waals surface area contributed by atoms with Crippen LogP contribution in [0.5, 0.6) is 0 Å².